The predicted molar refractivity (Wildman–Crippen MR) is 140 cm³/mol. The van der Waals surface area contributed by atoms with Gasteiger partial charge in [0.1, 0.15) is 0 Å². The summed E-state index contributed by atoms with van der Waals surface area (Å²) in [5.74, 6) is 0.942. The summed E-state index contributed by atoms with van der Waals surface area (Å²) in [6.07, 6.45) is 38.1. The summed E-state index contributed by atoms with van der Waals surface area (Å²) in [5.41, 5.74) is 0. The van der Waals surface area contributed by atoms with Gasteiger partial charge in [0.2, 0.25) is 0 Å². The molecule has 0 fully saturated rings. The van der Waals surface area contributed by atoms with Crippen molar-refractivity contribution in [2.24, 2.45) is 5.92 Å². The van der Waals surface area contributed by atoms with Gasteiger partial charge in [-0.25, -0.2) is 0 Å². The number of unbranched alkanes of at least 4 members (excludes halogenated alkanes) is 19. The van der Waals surface area contributed by atoms with Crippen LogP contribution in [0.1, 0.15) is 161 Å². The molecule has 0 spiro atoms. The molecule has 0 nitrogen and oxygen atoms in total. The van der Waals surface area contributed by atoms with E-state index >= 15 is 0 Å². The molecule has 0 aliphatic rings. The number of hydrogen-bond donors (Lipinski definition) is 0. The normalized spacial score (nSPS) is 12.8. The average molecular weight is 419 g/mol. The first-order valence-corrected chi connectivity index (χ1v) is 14.0. The maximum atomic E-state index is 3.93. The van der Waals surface area contributed by atoms with Crippen LogP contribution < -0.4 is 0 Å². The second-order valence-electron chi connectivity index (χ2n) is 9.80. The molecule has 0 rings (SSSR count). The molecule has 0 aromatic heterocycles. The van der Waals surface area contributed by atoms with E-state index in [0.717, 1.165) is 18.8 Å². The molecule has 0 bridgehead atoms. The van der Waals surface area contributed by atoms with Gasteiger partial charge in [0.25, 0.3) is 0 Å². The van der Waals surface area contributed by atoms with Crippen molar-refractivity contribution in [2.75, 3.05) is 0 Å². The van der Waals surface area contributed by atoms with Crippen LogP contribution in [0.4, 0.5) is 0 Å². The molecule has 178 valence electrons. The first-order valence-electron chi connectivity index (χ1n) is 14.0. The van der Waals surface area contributed by atoms with Gasteiger partial charge in [0.05, 0.1) is 0 Å². The van der Waals surface area contributed by atoms with Gasteiger partial charge >= 0.3 is 0 Å². The second-order valence-corrected chi connectivity index (χ2v) is 9.80. The third kappa shape index (κ3) is 25.8. The summed E-state index contributed by atoms with van der Waals surface area (Å²) in [6.45, 7) is 10.3. The average Bonchev–Trinajstić information content (AvgIpc) is 2.75. The number of hydrogen-bond acceptors (Lipinski definition) is 0. The van der Waals surface area contributed by atoms with Crippen LogP contribution in [0.5, 0.6) is 0 Å². The molecule has 0 N–H and O–H groups in total. The SMILES string of the molecule is [CH2]CCCCCCCC/C=C/CCCCCCCCCCCC(C)CCCCC[CH2]. The van der Waals surface area contributed by atoms with Gasteiger partial charge < -0.3 is 0 Å². The van der Waals surface area contributed by atoms with Gasteiger partial charge in [-0.15, -0.1) is 0 Å². The van der Waals surface area contributed by atoms with Gasteiger partial charge in [-0.1, -0.05) is 161 Å². The molecular formula is C30H58. The highest BCUT2D eigenvalue weighted by Crippen LogP contribution is 2.18. The molecular weight excluding hydrogens is 360 g/mol. The van der Waals surface area contributed by atoms with E-state index in [4.69, 9.17) is 0 Å². The van der Waals surface area contributed by atoms with Crippen LogP contribution in [0.15, 0.2) is 12.2 Å². The van der Waals surface area contributed by atoms with E-state index in [-0.39, 0.29) is 0 Å². The molecule has 2 radical (unpaired) electrons. The smallest absolute Gasteiger partial charge is 0.0351 e. The fraction of sp³-hybridized carbons (Fsp3) is 0.867. The highest BCUT2D eigenvalue weighted by molar-refractivity contribution is 4.81. The Morgan fingerprint density at radius 2 is 0.733 bits per heavy atom. The minimum atomic E-state index is 0.942. The molecule has 0 aromatic rings. The lowest BCUT2D eigenvalue weighted by molar-refractivity contribution is 0.434. The molecule has 0 saturated heterocycles. The van der Waals surface area contributed by atoms with Crippen LogP contribution in [0, 0.1) is 19.8 Å². The Kier molecular flexibility index (Phi) is 26.5. The Hall–Kier alpha value is -0.260. The van der Waals surface area contributed by atoms with Crippen molar-refractivity contribution >= 4 is 0 Å². The topological polar surface area (TPSA) is 0 Å². The Bertz CT molecular complexity index is 316. The molecule has 1 unspecified atom stereocenters. The maximum Gasteiger partial charge on any atom is -0.0351 e. The van der Waals surface area contributed by atoms with Gasteiger partial charge in [-0.05, 0) is 31.6 Å². The Balaban J connectivity index is 3.14. The van der Waals surface area contributed by atoms with Crippen LogP contribution in [0.3, 0.4) is 0 Å². The Labute approximate surface area is 193 Å². The van der Waals surface area contributed by atoms with Crippen molar-refractivity contribution in [1.29, 1.82) is 0 Å². The molecule has 0 aliphatic carbocycles. The van der Waals surface area contributed by atoms with E-state index in [1.165, 1.54) is 141 Å². The zero-order valence-electron chi connectivity index (χ0n) is 21.1. The molecule has 0 heterocycles. The number of rotatable bonds is 25. The van der Waals surface area contributed by atoms with E-state index in [9.17, 15) is 0 Å². The number of allylic oxidation sites excluding steroid dienone is 2. The molecule has 1 atom stereocenters. The Morgan fingerprint density at radius 1 is 0.433 bits per heavy atom. The fourth-order valence-electron chi connectivity index (χ4n) is 4.36. The fourth-order valence-corrected chi connectivity index (χ4v) is 4.36. The summed E-state index contributed by atoms with van der Waals surface area (Å²) in [7, 11) is 0. The second kappa shape index (κ2) is 26.8. The van der Waals surface area contributed by atoms with Gasteiger partial charge in [0.15, 0.2) is 0 Å². The van der Waals surface area contributed by atoms with E-state index in [1.807, 2.05) is 0 Å². The Morgan fingerprint density at radius 3 is 1.13 bits per heavy atom. The van der Waals surface area contributed by atoms with Crippen molar-refractivity contribution in [3.05, 3.63) is 26.0 Å². The lowest BCUT2D eigenvalue weighted by Gasteiger charge is -2.10. The van der Waals surface area contributed by atoms with E-state index in [1.54, 1.807) is 0 Å². The standard InChI is InChI=1S/C30H58/c1-4-6-8-10-11-12-13-14-15-16-17-18-19-20-21-22-23-24-25-27-29-30(3)28-26-9-7-5-2/h15-16,30H,1-2,4-14,17-29H2,3H3/b16-15+. The molecule has 30 heavy (non-hydrogen) atoms. The van der Waals surface area contributed by atoms with E-state index in [2.05, 4.69) is 32.9 Å². The summed E-state index contributed by atoms with van der Waals surface area (Å²) in [5, 5.41) is 0. The van der Waals surface area contributed by atoms with Crippen LogP contribution >= 0.6 is 0 Å². The predicted octanol–water partition coefficient (Wildman–Crippen LogP) is 11.2. The van der Waals surface area contributed by atoms with Crippen LogP contribution in [-0.4, -0.2) is 0 Å². The van der Waals surface area contributed by atoms with Gasteiger partial charge in [-0.3, -0.25) is 0 Å². The summed E-state index contributed by atoms with van der Waals surface area (Å²) < 4.78 is 0. The third-order valence-electron chi connectivity index (χ3n) is 6.55. The van der Waals surface area contributed by atoms with Gasteiger partial charge in [0, 0.05) is 0 Å². The maximum absolute atomic E-state index is 3.93. The summed E-state index contributed by atoms with van der Waals surface area (Å²) in [6, 6.07) is 0. The van der Waals surface area contributed by atoms with Gasteiger partial charge in [-0.2, -0.15) is 0 Å². The van der Waals surface area contributed by atoms with Crippen LogP contribution in [0.2, 0.25) is 0 Å². The first-order chi connectivity index (χ1) is 14.8. The lowest BCUT2D eigenvalue weighted by atomic mass is 9.96. The van der Waals surface area contributed by atoms with Crippen molar-refractivity contribution in [3.8, 4) is 0 Å². The molecule has 0 saturated carbocycles. The van der Waals surface area contributed by atoms with Crippen molar-refractivity contribution in [1.82, 2.24) is 0 Å². The van der Waals surface area contributed by atoms with Crippen LogP contribution in [-0.2, 0) is 0 Å². The first kappa shape index (κ1) is 29.7. The zero-order valence-corrected chi connectivity index (χ0v) is 21.1. The van der Waals surface area contributed by atoms with E-state index in [0.29, 0.717) is 0 Å². The monoisotopic (exact) mass is 418 g/mol. The molecule has 0 aromatic carbocycles. The van der Waals surface area contributed by atoms with Crippen molar-refractivity contribution < 1.29 is 0 Å². The molecule has 0 amide bonds. The van der Waals surface area contributed by atoms with Crippen LogP contribution in [0.25, 0.3) is 0 Å². The molecule has 0 aliphatic heterocycles. The third-order valence-corrected chi connectivity index (χ3v) is 6.55. The van der Waals surface area contributed by atoms with Crippen molar-refractivity contribution in [3.63, 3.8) is 0 Å². The minimum absolute atomic E-state index is 0.942. The largest absolute Gasteiger partial charge is 0.0885 e. The van der Waals surface area contributed by atoms with Crippen molar-refractivity contribution in [2.45, 2.75) is 161 Å². The zero-order chi connectivity index (χ0) is 22.0. The minimum Gasteiger partial charge on any atom is -0.0885 e. The quantitative estimate of drug-likeness (QED) is 0.102. The van der Waals surface area contributed by atoms with E-state index < -0.39 is 0 Å². The molecule has 0 heteroatoms. The highest BCUT2D eigenvalue weighted by Gasteiger charge is 2.01. The lowest BCUT2D eigenvalue weighted by Crippen LogP contribution is -1.95. The summed E-state index contributed by atoms with van der Waals surface area (Å²) in [4.78, 5) is 0. The summed E-state index contributed by atoms with van der Waals surface area (Å²) >= 11 is 0. The highest BCUT2D eigenvalue weighted by atomic mass is 14.1.